The van der Waals surface area contributed by atoms with E-state index in [-0.39, 0.29) is 34.8 Å². The van der Waals surface area contributed by atoms with E-state index in [2.05, 4.69) is 15.0 Å². The third-order valence-electron chi connectivity index (χ3n) is 6.90. The van der Waals surface area contributed by atoms with E-state index in [9.17, 15) is 19.2 Å². The number of nitrogens with two attached hydrogens (primary N) is 1. The Labute approximate surface area is 249 Å². The molecule has 13 heteroatoms. The Kier molecular flexibility index (Phi) is 7.84. The summed E-state index contributed by atoms with van der Waals surface area (Å²) in [7, 11) is 0. The number of fused-ring (bicyclic) bond motifs is 1. The fourth-order valence-corrected chi connectivity index (χ4v) is 4.81. The van der Waals surface area contributed by atoms with E-state index in [4.69, 9.17) is 24.7 Å². The number of esters is 3. The summed E-state index contributed by atoms with van der Waals surface area (Å²) in [5.74, 6) is -2.28. The second kappa shape index (κ2) is 12.2. The second-order valence-corrected chi connectivity index (χ2v) is 9.78. The maximum Gasteiger partial charge on any atom is 0.338 e. The van der Waals surface area contributed by atoms with Crippen LogP contribution in [0.1, 0.15) is 37.3 Å². The molecule has 44 heavy (non-hydrogen) atoms. The molecule has 3 aromatic carbocycles. The van der Waals surface area contributed by atoms with Crippen LogP contribution < -0.4 is 11.3 Å². The number of nitrogens with one attached hydrogen (secondary N) is 1. The first-order valence-corrected chi connectivity index (χ1v) is 13.5. The van der Waals surface area contributed by atoms with Gasteiger partial charge in [0.1, 0.15) is 12.7 Å². The van der Waals surface area contributed by atoms with Crippen molar-refractivity contribution in [3.8, 4) is 0 Å². The average molecular weight is 596 g/mol. The van der Waals surface area contributed by atoms with E-state index in [0.717, 1.165) is 0 Å². The number of aromatic amines is 1. The van der Waals surface area contributed by atoms with Gasteiger partial charge in [0, 0.05) is 0 Å². The van der Waals surface area contributed by atoms with Crippen LogP contribution in [0.25, 0.3) is 11.2 Å². The number of H-pyrrole nitrogens is 1. The fourth-order valence-electron chi connectivity index (χ4n) is 4.81. The Hall–Kier alpha value is -5.82. The molecule has 0 amide bonds. The molecule has 4 atom stereocenters. The van der Waals surface area contributed by atoms with E-state index in [0.29, 0.717) is 5.56 Å². The molecule has 1 fully saturated rings. The second-order valence-electron chi connectivity index (χ2n) is 9.78. The largest absolute Gasteiger partial charge is 0.459 e. The number of nitrogen functional groups attached to an aromatic ring is 1. The van der Waals surface area contributed by atoms with Crippen molar-refractivity contribution in [1.82, 2.24) is 19.5 Å². The minimum Gasteiger partial charge on any atom is -0.459 e. The molecule has 2 aromatic heterocycles. The van der Waals surface area contributed by atoms with Crippen LogP contribution >= 0.6 is 0 Å². The molecule has 0 radical (unpaired) electrons. The number of nitrogens with zero attached hydrogens (tertiary/aromatic N) is 3. The molecular formula is C31H25N5O8. The number of benzene rings is 3. The number of carbonyl (C=O) groups excluding carboxylic acids is 3. The summed E-state index contributed by atoms with van der Waals surface area (Å²) >= 11 is 0. The number of hydrogen-bond donors (Lipinski definition) is 2. The van der Waals surface area contributed by atoms with Gasteiger partial charge < -0.3 is 24.7 Å². The number of ether oxygens (including phenoxy) is 4. The number of carbonyl (C=O) groups is 3. The van der Waals surface area contributed by atoms with Crippen molar-refractivity contribution < 1.29 is 33.3 Å². The van der Waals surface area contributed by atoms with Crippen LogP contribution in [-0.2, 0) is 18.9 Å². The highest BCUT2D eigenvalue weighted by Gasteiger charge is 2.52. The van der Waals surface area contributed by atoms with Crippen LogP contribution in [0.2, 0.25) is 0 Å². The minimum atomic E-state index is -1.31. The molecule has 1 aliphatic heterocycles. The van der Waals surface area contributed by atoms with Crippen molar-refractivity contribution in [2.24, 2.45) is 0 Å². The topological polar surface area (TPSA) is 178 Å². The summed E-state index contributed by atoms with van der Waals surface area (Å²) in [5.41, 5.74) is 5.96. The van der Waals surface area contributed by atoms with Crippen LogP contribution in [0.4, 0.5) is 5.95 Å². The molecule has 0 aliphatic carbocycles. The Morgan fingerprint density at radius 2 is 1.32 bits per heavy atom. The lowest BCUT2D eigenvalue weighted by Crippen LogP contribution is -2.41. The zero-order chi connectivity index (χ0) is 30.6. The summed E-state index contributed by atoms with van der Waals surface area (Å²) in [6, 6.07) is 24.7. The van der Waals surface area contributed by atoms with Crippen molar-refractivity contribution >= 4 is 35.0 Å². The highest BCUT2D eigenvalue weighted by atomic mass is 16.7. The molecule has 0 bridgehead atoms. The molecule has 222 valence electrons. The van der Waals surface area contributed by atoms with Gasteiger partial charge in [-0.1, -0.05) is 54.6 Å². The van der Waals surface area contributed by atoms with Gasteiger partial charge in [-0.2, -0.15) is 4.98 Å². The van der Waals surface area contributed by atoms with Crippen molar-refractivity contribution in [3.63, 3.8) is 0 Å². The first-order chi connectivity index (χ1) is 21.4. The normalized spacial score (nSPS) is 19.4. The third kappa shape index (κ3) is 5.76. The smallest absolute Gasteiger partial charge is 0.338 e. The summed E-state index contributed by atoms with van der Waals surface area (Å²) < 4.78 is 25.0. The molecule has 1 saturated heterocycles. The zero-order valence-corrected chi connectivity index (χ0v) is 22.9. The van der Waals surface area contributed by atoms with E-state index in [1.165, 1.54) is 10.9 Å². The van der Waals surface area contributed by atoms with Crippen molar-refractivity contribution in [2.45, 2.75) is 24.5 Å². The molecule has 6 rings (SSSR count). The van der Waals surface area contributed by atoms with Crippen LogP contribution in [0.5, 0.6) is 0 Å². The zero-order valence-electron chi connectivity index (χ0n) is 22.9. The molecule has 0 unspecified atom stereocenters. The van der Waals surface area contributed by atoms with Crippen molar-refractivity contribution in [2.75, 3.05) is 12.3 Å². The molecule has 3 N–H and O–H groups in total. The van der Waals surface area contributed by atoms with Crippen LogP contribution in [-0.4, -0.2) is 62.3 Å². The van der Waals surface area contributed by atoms with Crippen molar-refractivity contribution in [3.05, 3.63) is 124 Å². The molecular weight excluding hydrogens is 570 g/mol. The number of rotatable bonds is 8. The monoisotopic (exact) mass is 595 g/mol. The van der Waals surface area contributed by atoms with Gasteiger partial charge in [-0.05, 0) is 36.4 Å². The summed E-state index contributed by atoms with van der Waals surface area (Å²) in [6.07, 6.45) is -3.66. The van der Waals surface area contributed by atoms with Gasteiger partial charge in [-0.15, -0.1) is 0 Å². The van der Waals surface area contributed by atoms with Gasteiger partial charge in [0.2, 0.25) is 5.95 Å². The summed E-state index contributed by atoms with van der Waals surface area (Å²) in [6.45, 7) is -0.376. The first kappa shape index (κ1) is 28.3. The Bertz CT molecular complexity index is 1860. The van der Waals surface area contributed by atoms with Gasteiger partial charge in [0.05, 0.1) is 23.0 Å². The van der Waals surface area contributed by atoms with Gasteiger partial charge >= 0.3 is 17.9 Å². The lowest BCUT2D eigenvalue weighted by atomic mass is 10.1. The highest BCUT2D eigenvalue weighted by molar-refractivity contribution is 5.91. The molecule has 0 saturated carbocycles. The molecule has 5 aromatic rings. The number of imidazole rings is 1. The van der Waals surface area contributed by atoms with E-state index in [1.807, 2.05) is 0 Å². The minimum absolute atomic E-state index is 0.0343. The van der Waals surface area contributed by atoms with Gasteiger partial charge in [0.15, 0.2) is 29.6 Å². The predicted octanol–water partition coefficient (Wildman–Crippen LogP) is 2.91. The Balaban J connectivity index is 1.39. The molecule has 13 nitrogen and oxygen atoms in total. The number of anilines is 1. The first-order valence-electron chi connectivity index (χ1n) is 13.5. The lowest BCUT2D eigenvalue weighted by molar-refractivity contribution is -0.0606. The summed E-state index contributed by atoms with van der Waals surface area (Å²) in [5, 5.41) is 0. The Morgan fingerprint density at radius 1 is 0.795 bits per heavy atom. The van der Waals surface area contributed by atoms with Crippen LogP contribution in [0, 0.1) is 0 Å². The number of aromatic nitrogens is 4. The van der Waals surface area contributed by atoms with Gasteiger partial charge in [0.25, 0.3) is 5.56 Å². The molecule has 3 heterocycles. The average Bonchev–Trinajstić information content (AvgIpc) is 3.62. The highest BCUT2D eigenvalue weighted by Crippen LogP contribution is 2.36. The maximum atomic E-state index is 13.3. The summed E-state index contributed by atoms with van der Waals surface area (Å²) in [4.78, 5) is 62.6. The van der Waals surface area contributed by atoms with Gasteiger partial charge in [-0.3, -0.25) is 14.3 Å². The predicted molar refractivity (Wildman–Crippen MR) is 154 cm³/mol. The van der Waals surface area contributed by atoms with Gasteiger partial charge in [-0.25, -0.2) is 19.4 Å². The number of hydrogen-bond acceptors (Lipinski definition) is 11. The standard InChI is InChI=1S/C31H25N5O8/c32-31-34-25-22(26(37)35-31)33-17-36(25)27-24(44-30(40)20-14-8-3-9-15-20)23(43-29(39)19-12-6-2-7-13-19)21(42-27)16-41-28(38)18-10-4-1-5-11-18/h1-15,17,21,23-24,27H,16H2,(H3,32,34,35,37)/t21-,23-,24-,27+/m0/s1. The quantitative estimate of drug-likeness (QED) is 0.199. The van der Waals surface area contributed by atoms with Crippen molar-refractivity contribution in [1.29, 1.82) is 0 Å². The lowest BCUT2D eigenvalue weighted by Gasteiger charge is -2.25. The molecule has 0 spiro atoms. The maximum absolute atomic E-state index is 13.3. The van der Waals surface area contributed by atoms with E-state index >= 15 is 0 Å². The fraction of sp³-hybridized carbons (Fsp3) is 0.161. The van der Waals surface area contributed by atoms with E-state index < -0.39 is 48.0 Å². The Morgan fingerprint density at radius 3 is 1.89 bits per heavy atom. The van der Waals surface area contributed by atoms with Crippen LogP contribution in [0.15, 0.2) is 102 Å². The molecule has 1 aliphatic rings. The third-order valence-corrected chi connectivity index (χ3v) is 6.90. The van der Waals surface area contributed by atoms with Crippen LogP contribution in [0.3, 0.4) is 0 Å². The SMILES string of the molecule is Nc1nc2c(ncn2[C@@H]2O[C@@H](COC(=O)c3ccccc3)[C@H](OC(=O)c3ccccc3)[C@@H]2OC(=O)c2ccccc2)c(=O)[nH]1. The van der Waals surface area contributed by atoms with E-state index in [1.54, 1.807) is 91.0 Å².